The molecule has 2 atom stereocenters. The van der Waals surface area contributed by atoms with E-state index >= 15 is 0 Å². The summed E-state index contributed by atoms with van der Waals surface area (Å²) in [4.78, 5) is 14.7. The van der Waals surface area contributed by atoms with E-state index < -0.39 is 0 Å². The minimum atomic E-state index is -0.156. The van der Waals surface area contributed by atoms with E-state index in [1.54, 1.807) is 0 Å². The Balaban J connectivity index is 2.10. The topological polar surface area (TPSA) is 17.1 Å². The lowest BCUT2D eigenvalue weighted by Crippen LogP contribution is -2.30. The van der Waals surface area contributed by atoms with Gasteiger partial charge in [0.05, 0.1) is 0 Å². The zero-order valence-corrected chi connectivity index (χ0v) is 15.6. The van der Waals surface area contributed by atoms with Crippen molar-refractivity contribution in [1.29, 1.82) is 0 Å². The Bertz CT molecular complexity index is 755. The summed E-state index contributed by atoms with van der Waals surface area (Å²) < 4.78 is 0. The van der Waals surface area contributed by atoms with Gasteiger partial charge in [-0.1, -0.05) is 80.1 Å². The number of allylic oxidation sites excluding steroid dienone is 2. The van der Waals surface area contributed by atoms with Gasteiger partial charge in [0.2, 0.25) is 0 Å². The van der Waals surface area contributed by atoms with E-state index in [1.807, 2.05) is 48.2 Å². The third kappa shape index (κ3) is 2.95. The molecule has 1 heterocycles. The SMILES string of the molecule is CC(C)=C1S[C@@H](c2ccccc2)[C@H](C(=O)c2ccccc2)C1(C)C. The van der Waals surface area contributed by atoms with Crippen molar-refractivity contribution in [1.82, 2.24) is 0 Å². The molecule has 2 aromatic rings. The van der Waals surface area contributed by atoms with Crippen LogP contribution in [0.4, 0.5) is 0 Å². The summed E-state index contributed by atoms with van der Waals surface area (Å²) in [6.45, 7) is 8.75. The minimum absolute atomic E-state index is 0.0581. The van der Waals surface area contributed by atoms with E-state index in [0.717, 1.165) is 5.56 Å². The molecule has 1 aliphatic heterocycles. The Kier molecular flexibility index (Phi) is 4.69. The highest BCUT2D eigenvalue weighted by Crippen LogP contribution is 2.62. The van der Waals surface area contributed by atoms with Gasteiger partial charge in [-0.15, -0.1) is 11.8 Å². The summed E-state index contributed by atoms with van der Waals surface area (Å²) in [5.74, 6) is 0.190. The number of benzene rings is 2. The van der Waals surface area contributed by atoms with Gasteiger partial charge in [-0.3, -0.25) is 4.79 Å². The number of thioether (sulfide) groups is 1. The fourth-order valence-corrected chi connectivity index (χ4v) is 5.59. The molecule has 0 radical (unpaired) electrons. The first-order chi connectivity index (χ1) is 11.4. The van der Waals surface area contributed by atoms with Crippen molar-refractivity contribution in [3.05, 3.63) is 82.3 Å². The van der Waals surface area contributed by atoms with Crippen LogP contribution < -0.4 is 0 Å². The first-order valence-corrected chi connectivity index (χ1v) is 9.29. The van der Waals surface area contributed by atoms with E-state index in [1.165, 1.54) is 16.0 Å². The lowest BCUT2D eigenvalue weighted by Gasteiger charge is -2.30. The second kappa shape index (κ2) is 6.60. The number of ketones is 1. The summed E-state index contributed by atoms with van der Waals surface area (Å²) in [5, 5.41) is 0.166. The van der Waals surface area contributed by atoms with Gasteiger partial charge in [0.15, 0.2) is 5.78 Å². The number of hydrogen-bond acceptors (Lipinski definition) is 2. The molecule has 1 saturated heterocycles. The molecular formula is C22H24OS. The number of Topliss-reactive ketones (excluding diaryl/α,β-unsaturated/α-hetero) is 1. The van der Waals surface area contributed by atoms with Crippen LogP contribution in [0, 0.1) is 11.3 Å². The molecule has 1 fully saturated rings. The second-order valence-electron chi connectivity index (χ2n) is 7.21. The Labute approximate surface area is 149 Å². The highest BCUT2D eigenvalue weighted by molar-refractivity contribution is 8.03. The molecule has 0 unspecified atom stereocenters. The van der Waals surface area contributed by atoms with Crippen LogP contribution in [0.25, 0.3) is 0 Å². The van der Waals surface area contributed by atoms with Gasteiger partial charge >= 0.3 is 0 Å². The second-order valence-corrected chi connectivity index (χ2v) is 8.36. The largest absolute Gasteiger partial charge is 0.294 e. The first kappa shape index (κ1) is 17.0. The molecule has 0 aliphatic carbocycles. The zero-order valence-electron chi connectivity index (χ0n) is 14.7. The quantitative estimate of drug-likeness (QED) is 0.612. The van der Waals surface area contributed by atoms with Crippen molar-refractivity contribution >= 4 is 17.5 Å². The average molecular weight is 337 g/mol. The molecule has 124 valence electrons. The molecule has 0 aromatic heterocycles. The van der Waals surface area contributed by atoms with Crippen LogP contribution in [0.15, 0.2) is 71.1 Å². The predicted molar refractivity (Wildman–Crippen MR) is 103 cm³/mol. The lowest BCUT2D eigenvalue weighted by atomic mass is 9.71. The average Bonchev–Trinajstić information content (AvgIpc) is 2.87. The van der Waals surface area contributed by atoms with Crippen LogP contribution in [-0.4, -0.2) is 5.78 Å². The Morgan fingerprint density at radius 1 is 0.917 bits per heavy atom. The van der Waals surface area contributed by atoms with Crippen LogP contribution in [0.2, 0.25) is 0 Å². The lowest BCUT2D eigenvalue weighted by molar-refractivity contribution is 0.0846. The molecule has 0 amide bonds. The van der Waals surface area contributed by atoms with Crippen molar-refractivity contribution in [3.8, 4) is 0 Å². The Morgan fingerprint density at radius 2 is 1.46 bits per heavy atom. The molecule has 0 bridgehead atoms. The maximum atomic E-state index is 13.4. The molecule has 0 N–H and O–H groups in total. The summed E-state index contributed by atoms with van der Waals surface area (Å²) in [6.07, 6.45) is 0. The van der Waals surface area contributed by atoms with Gasteiger partial charge in [0.1, 0.15) is 0 Å². The van der Waals surface area contributed by atoms with Gasteiger partial charge < -0.3 is 0 Å². The van der Waals surface area contributed by atoms with Crippen molar-refractivity contribution in [2.45, 2.75) is 32.9 Å². The van der Waals surface area contributed by atoms with Gasteiger partial charge in [-0.05, 0) is 24.3 Å². The molecule has 24 heavy (non-hydrogen) atoms. The smallest absolute Gasteiger partial charge is 0.168 e. The van der Waals surface area contributed by atoms with E-state index in [2.05, 4.69) is 52.0 Å². The molecule has 0 saturated carbocycles. The zero-order chi connectivity index (χ0) is 17.3. The highest BCUT2D eigenvalue weighted by atomic mass is 32.2. The van der Waals surface area contributed by atoms with Crippen LogP contribution in [0.5, 0.6) is 0 Å². The normalized spacial score (nSPS) is 22.4. The molecule has 0 spiro atoms. The number of carbonyl (C=O) groups excluding carboxylic acids is 1. The van der Waals surface area contributed by atoms with Gasteiger partial charge in [0, 0.05) is 22.1 Å². The van der Waals surface area contributed by atoms with Crippen LogP contribution >= 0.6 is 11.8 Å². The molecule has 3 rings (SSSR count). The third-order valence-corrected chi connectivity index (χ3v) is 6.80. The van der Waals surface area contributed by atoms with Gasteiger partial charge in [-0.2, -0.15) is 0 Å². The summed E-state index contributed by atoms with van der Waals surface area (Å²) in [7, 11) is 0. The predicted octanol–water partition coefficient (Wildman–Crippen LogP) is 6.29. The summed E-state index contributed by atoms with van der Waals surface area (Å²) in [6, 6.07) is 20.2. The van der Waals surface area contributed by atoms with Gasteiger partial charge in [0.25, 0.3) is 0 Å². The summed E-state index contributed by atoms with van der Waals surface area (Å²) in [5.41, 5.74) is 3.21. The Hall–Kier alpha value is -1.80. The number of rotatable bonds is 3. The van der Waals surface area contributed by atoms with Crippen LogP contribution in [0.1, 0.15) is 48.9 Å². The number of carbonyl (C=O) groups is 1. The third-order valence-electron chi connectivity index (χ3n) is 4.83. The molecule has 2 heteroatoms. The monoisotopic (exact) mass is 336 g/mol. The van der Waals surface area contributed by atoms with Crippen LogP contribution in [0.3, 0.4) is 0 Å². The standard InChI is InChI=1S/C22H24OS/c1-15(2)21-22(3,4)18(19(23)16-11-7-5-8-12-16)20(24-21)17-13-9-6-10-14-17/h5-14,18,20H,1-4H3/t18-,20-/m0/s1. The van der Waals surface area contributed by atoms with Crippen molar-refractivity contribution < 1.29 is 4.79 Å². The fourth-order valence-electron chi connectivity index (χ4n) is 3.78. The summed E-state index contributed by atoms with van der Waals surface area (Å²) >= 11 is 1.87. The van der Waals surface area contributed by atoms with Crippen molar-refractivity contribution in [3.63, 3.8) is 0 Å². The maximum absolute atomic E-state index is 13.4. The van der Waals surface area contributed by atoms with E-state index in [-0.39, 0.29) is 22.4 Å². The maximum Gasteiger partial charge on any atom is 0.168 e. The van der Waals surface area contributed by atoms with Crippen LogP contribution in [-0.2, 0) is 0 Å². The van der Waals surface area contributed by atoms with Crippen molar-refractivity contribution in [2.75, 3.05) is 0 Å². The first-order valence-electron chi connectivity index (χ1n) is 8.41. The molecule has 2 aromatic carbocycles. The number of hydrogen-bond donors (Lipinski definition) is 0. The minimum Gasteiger partial charge on any atom is -0.294 e. The van der Waals surface area contributed by atoms with Crippen molar-refractivity contribution in [2.24, 2.45) is 11.3 Å². The van der Waals surface area contributed by atoms with E-state index in [9.17, 15) is 4.79 Å². The fraction of sp³-hybridized carbons (Fsp3) is 0.318. The highest BCUT2D eigenvalue weighted by Gasteiger charge is 2.51. The molecular weight excluding hydrogens is 312 g/mol. The Morgan fingerprint density at radius 3 is 2.00 bits per heavy atom. The molecule has 1 nitrogen and oxygen atoms in total. The van der Waals surface area contributed by atoms with E-state index in [4.69, 9.17) is 0 Å². The molecule has 1 aliphatic rings. The van der Waals surface area contributed by atoms with E-state index in [0.29, 0.717) is 0 Å². The van der Waals surface area contributed by atoms with Gasteiger partial charge in [-0.25, -0.2) is 0 Å².